The molecule has 0 radical (unpaired) electrons. The molecule has 0 aliphatic carbocycles. The zero-order chi connectivity index (χ0) is 20.3. The molecule has 1 aliphatic rings. The molecule has 2 aromatic heterocycles. The molecule has 30 heavy (non-hydrogen) atoms. The number of nitrogens with one attached hydrogen (secondary N) is 2. The summed E-state index contributed by atoms with van der Waals surface area (Å²) in [6.45, 7) is 2.12. The highest BCUT2D eigenvalue weighted by Crippen LogP contribution is 2.27. The lowest BCUT2D eigenvalue weighted by atomic mass is 9.97. The van der Waals surface area contributed by atoms with E-state index in [2.05, 4.69) is 26.3 Å². The number of carbonyl (C=O) groups is 1. The van der Waals surface area contributed by atoms with Gasteiger partial charge in [-0.1, -0.05) is 24.3 Å². The highest BCUT2D eigenvalue weighted by atomic mass is 16.2. The van der Waals surface area contributed by atoms with Crippen molar-refractivity contribution in [1.29, 1.82) is 0 Å². The average molecular weight is 400 g/mol. The molecule has 7 nitrogen and oxygen atoms in total. The van der Waals surface area contributed by atoms with E-state index >= 15 is 0 Å². The number of amides is 1. The van der Waals surface area contributed by atoms with Crippen molar-refractivity contribution < 1.29 is 4.79 Å². The van der Waals surface area contributed by atoms with Gasteiger partial charge in [-0.3, -0.25) is 9.69 Å². The number of imidazole rings is 2. The second-order valence-electron chi connectivity index (χ2n) is 7.75. The maximum atomic E-state index is 12.8. The lowest BCUT2D eigenvalue weighted by molar-refractivity contribution is -0.117. The predicted octanol–water partition coefficient (Wildman–Crippen LogP) is 3.57. The first-order valence-corrected chi connectivity index (χ1v) is 10.3. The number of hydrogen-bond acceptors (Lipinski definition) is 4. The van der Waals surface area contributed by atoms with Gasteiger partial charge in [0.25, 0.3) is 0 Å². The van der Waals surface area contributed by atoms with Crippen LogP contribution >= 0.6 is 0 Å². The van der Waals surface area contributed by atoms with Gasteiger partial charge in [0.2, 0.25) is 5.91 Å². The van der Waals surface area contributed by atoms with Crippen LogP contribution in [0.15, 0.2) is 67.3 Å². The number of rotatable bonds is 5. The third kappa shape index (κ3) is 3.84. The molecule has 0 saturated carbocycles. The third-order valence-electron chi connectivity index (χ3n) is 5.63. The standard InChI is InChI=1S/C23H24N6O/c30-22(25-20-9-3-4-10-21(20)29-13-11-24-16-29)15-28-12-5-6-17(14-28)23-26-18-7-1-2-8-19(18)27-23/h1-4,7-11,13,16-17H,5-6,12,14-15H2,(H,25,30)(H,26,27). The number of likely N-dealkylation sites (tertiary alicyclic amines) is 1. The fourth-order valence-electron chi connectivity index (χ4n) is 4.19. The van der Waals surface area contributed by atoms with Crippen LogP contribution in [-0.4, -0.2) is 50.0 Å². The minimum Gasteiger partial charge on any atom is -0.342 e. The van der Waals surface area contributed by atoms with Crippen LogP contribution in [0.5, 0.6) is 0 Å². The van der Waals surface area contributed by atoms with Gasteiger partial charge in [0, 0.05) is 24.9 Å². The maximum absolute atomic E-state index is 12.8. The summed E-state index contributed by atoms with van der Waals surface area (Å²) in [4.78, 5) is 27.3. The number of anilines is 1. The minimum absolute atomic E-state index is 0.00665. The molecular weight excluding hydrogens is 376 g/mol. The van der Waals surface area contributed by atoms with Crippen LogP contribution in [0.25, 0.3) is 16.7 Å². The number of H-pyrrole nitrogens is 1. The summed E-state index contributed by atoms with van der Waals surface area (Å²) in [6.07, 6.45) is 7.47. The number of benzene rings is 2. The van der Waals surface area contributed by atoms with Gasteiger partial charge in [0.15, 0.2) is 0 Å². The summed E-state index contributed by atoms with van der Waals surface area (Å²) in [7, 11) is 0. The highest BCUT2D eigenvalue weighted by molar-refractivity contribution is 5.94. The van der Waals surface area contributed by atoms with Crippen LogP contribution in [0, 0.1) is 0 Å². The molecule has 2 aromatic carbocycles. The molecule has 1 atom stereocenters. The number of fused-ring (bicyclic) bond motifs is 1. The molecule has 1 amide bonds. The molecule has 0 spiro atoms. The molecule has 5 rings (SSSR count). The number of nitrogens with zero attached hydrogens (tertiary/aromatic N) is 4. The van der Waals surface area contributed by atoms with Crippen molar-refractivity contribution in [2.24, 2.45) is 0 Å². The molecule has 1 unspecified atom stereocenters. The van der Waals surface area contributed by atoms with Crippen molar-refractivity contribution in [3.63, 3.8) is 0 Å². The van der Waals surface area contributed by atoms with E-state index in [0.29, 0.717) is 12.5 Å². The van der Waals surface area contributed by atoms with Crippen molar-refractivity contribution in [3.8, 4) is 5.69 Å². The van der Waals surface area contributed by atoms with Crippen molar-refractivity contribution >= 4 is 22.6 Å². The molecule has 2 N–H and O–H groups in total. The van der Waals surface area contributed by atoms with E-state index in [1.165, 1.54) is 0 Å². The molecule has 3 heterocycles. The Morgan fingerprint density at radius 2 is 2.03 bits per heavy atom. The summed E-state index contributed by atoms with van der Waals surface area (Å²) in [6, 6.07) is 15.9. The van der Waals surface area contributed by atoms with Crippen LogP contribution in [0.1, 0.15) is 24.6 Å². The molecule has 1 fully saturated rings. The summed E-state index contributed by atoms with van der Waals surface area (Å²) in [5.74, 6) is 1.33. The maximum Gasteiger partial charge on any atom is 0.238 e. The Labute approximate surface area is 174 Å². The summed E-state index contributed by atoms with van der Waals surface area (Å²) in [5.41, 5.74) is 3.76. The summed E-state index contributed by atoms with van der Waals surface area (Å²) < 4.78 is 1.90. The van der Waals surface area contributed by atoms with Gasteiger partial charge in [-0.25, -0.2) is 9.97 Å². The van der Waals surface area contributed by atoms with Crippen molar-refractivity contribution in [3.05, 3.63) is 73.1 Å². The van der Waals surface area contributed by atoms with Crippen molar-refractivity contribution in [1.82, 2.24) is 24.4 Å². The largest absolute Gasteiger partial charge is 0.342 e. The van der Waals surface area contributed by atoms with Gasteiger partial charge in [-0.2, -0.15) is 0 Å². The molecule has 152 valence electrons. The Kier molecular flexibility index (Phi) is 5.03. The highest BCUT2D eigenvalue weighted by Gasteiger charge is 2.25. The van der Waals surface area contributed by atoms with E-state index in [1.54, 1.807) is 12.5 Å². The van der Waals surface area contributed by atoms with Crippen LogP contribution < -0.4 is 5.32 Å². The van der Waals surface area contributed by atoms with E-state index < -0.39 is 0 Å². The molecule has 4 aromatic rings. The first kappa shape index (κ1) is 18.6. The Hall–Kier alpha value is -3.45. The number of aromatic nitrogens is 4. The Bertz CT molecular complexity index is 1120. The Morgan fingerprint density at radius 3 is 2.90 bits per heavy atom. The quantitative estimate of drug-likeness (QED) is 0.537. The van der Waals surface area contributed by atoms with Gasteiger partial charge in [0.05, 0.1) is 35.3 Å². The van der Waals surface area contributed by atoms with Crippen LogP contribution in [-0.2, 0) is 4.79 Å². The Balaban J connectivity index is 1.25. The lowest BCUT2D eigenvalue weighted by Gasteiger charge is -2.31. The van der Waals surface area contributed by atoms with Crippen molar-refractivity contribution in [2.75, 3.05) is 25.0 Å². The third-order valence-corrected chi connectivity index (χ3v) is 5.63. The average Bonchev–Trinajstić information content (AvgIpc) is 3.44. The number of piperidine rings is 1. The topological polar surface area (TPSA) is 78.8 Å². The molecular formula is C23H24N6O. The van der Waals surface area contributed by atoms with Crippen LogP contribution in [0.3, 0.4) is 0 Å². The van der Waals surface area contributed by atoms with Gasteiger partial charge in [0.1, 0.15) is 5.82 Å². The SMILES string of the molecule is O=C(CN1CCCC(c2nc3ccccc3[nH]2)C1)Nc1ccccc1-n1ccnc1. The van der Waals surface area contributed by atoms with Crippen LogP contribution in [0.4, 0.5) is 5.69 Å². The fourth-order valence-corrected chi connectivity index (χ4v) is 4.19. The van der Waals surface area contributed by atoms with Gasteiger partial charge < -0.3 is 14.9 Å². The number of para-hydroxylation sites is 4. The number of aromatic amines is 1. The van der Waals surface area contributed by atoms with Gasteiger partial charge in [-0.05, 0) is 43.7 Å². The Morgan fingerprint density at radius 1 is 1.17 bits per heavy atom. The minimum atomic E-state index is -0.00665. The monoisotopic (exact) mass is 400 g/mol. The lowest BCUT2D eigenvalue weighted by Crippen LogP contribution is -2.40. The van der Waals surface area contributed by atoms with Crippen LogP contribution in [0.2, 0.25) is 0 Å². The molecule has 0 bridgehead atoms. The summed E-state index contributed by atoms with van der Waals surface area (Å²) in [5, 5.41) is 3.07. The van der Waals surface area contributed by atoms with Crippen molar-refractivity contribution in [2.45, 2.75) is 18.8 Å². The summed E-state index contributed by atoms with van der Waals surface area (Å²) >= 11 is 0. The first-order valence-electron chi connectivity index (χ1n) is 10.3. The number of carbonyl (C=O) groups excluding carboxylic acids is 1. The molecule has 7 heteroatoms. The second-order valence-corrected chi connectivity index (χ2v) is 7.75. The fraction of sp³-hybridized carbons (Fsp3) is 0.261. The second kappa shape index (κ2) is 8.12. The predicted molar refractivity (Wildman–Crippen MR) is 117 cm³/mol. The number of hydrogen-bond donors (Lipinski definition) is 2. The van der Waals surface area contributed by atoms with E-state index in [4.69, 9.17) is 4.98 Å². The zero-order valence-electron chi connectivity index (χ0n) is 16.7. The first-order chi connectivity index (χ1) is 14.8. The van der Waals surface area contributed by atoms with E-state index in [0.717, 1.165) is 54.2 Å². The van der Waals surface area contributed by atoms with Gasteiger partial charge >= 0.3 is 0 Å². The van der Waals surface area contributed by atoms with Gasteiger partial charge in [-0.15, -0.1) is 0 Å². The normalized spacial score (nSPS) is 17.3. The molecule has 1 saturated heterocycles. The van der Waals surface area contributed by atoms with E-state index in [-0.39, 0.29) is 5.91 Å². The van der Waals surface area contributed by atoms with E-state index in [9.17, 15) is 4.79 Å². The molecule has 1 aliphatic heterocycles. The smallest absolute Gasteiger partial charge is 0.238 e. The van der Waals surface area contributed by atoms with E-state index in [1.807, 2.05) is 53.2 Å². The zero-order valence-corrected chi connectivity index (χ0v) is 16.7.